The summed E-state index contributed by atoms with van der Waals surface area (Å²) >= 11 is 0. The van der Waals surface area contributed by atoms with Crippen LogP contribution >= 0.6 is 0 Å². The first-order chi connectivity index (χ1) is 11.3. The van der Waals surface area contributed by atoms with Gasteiger partial charge >= 0.3 is 0 Å². The third-order valence-corrected chi connectivity index (χ3v) is 3.74. The van der Waals surface area contributed by atoms with E-state index in [1.807, 2.05) is 54.6 Å². The third-order valence-electron chi connectivity index (χ3n) is 3.74. The lowest BCUT2D eigenvalue weighted by molar-refractivity contribution is 0.0950. The largest absolute Gasteiger partial charge is 0.489 e. The summed E-state index contributed by atoms with van der Waals surface area (Å²) in [6.07, 6.45) is 1.24. The summed E-state index contributed by atoms with van der Waals surface area (Å²) in [5, 5.41) is 20.0. The van der Waals surface area contributed by atoms with Gasteiger partial charge in [0.05, 0.1) is 18.2 Å². The molecular weight excluding hydrogens is 290 g/mol. The van der Waals surface area contributed by atoms with Gasteiger partial charge in [-0.25, -0.2) is 0 Å². The second-order valence-electron chi connectivity index (χ2n) is 5.43. The average molecular weight is 309 g/mol. The van der Waals surface area contributed by atoms with Crippen LogP contribution in [0.15, 0.2) is 60.8 Å². The number of aromatic nitrogens is 1. The Morgan fingerprint density at radius 1 is 1.00 bits per heavy atom. The molecule has 2 N–H and O–H groups in total. The predicted molar refractivity (Wildman–Crippen MR) is 89.3 cm³/mol. The summed E-state index contributed by atoms with van der Waals surface area (Å²) < 4.78 is 5.96. The van der Waals surface area contributed by atoms with Gasteiger partial charge in [-0.05, 0) is 23.8 Å². The molecule has 1 atom stereocenters. The van der Waals surface area contributed by atoms with Gasteiger partial charge in [-0.2, -0.15) is 0 Å². The molecule has 0 spiro atoms. The molecule has 0 aliphatic carbocycles. The molecular formula is C19H19NO3. The number of benzene rings is 2. The van der Waals surface area contributed by atoms with Crippen LogP contribution in [-0.2, 0) is 13.0 Å². The van der Waals surface area contributed by atoms with Crippen LogP contribution < -0.4 is 4.74 Å². The Balaban J connectivity index is 1.93. The van der Waals surface area contributed by atoms with E-state index in [-0.39, 0.29) is 6.61 Å². The first-order valence-electron chi connectivity index (χ1n) is 7.60. The third kappa shape index (κ3) is 3.67. The summed E-state index contributed by atoms with van der Waals surface area (Å²) in [6.45, 7) is 0.170. The Hall–Kier alpha value is -2.43. The van der Waals surface area contributed by atoms with Crippen molar-refractivity contribution in [1.29, 1.82) is 0 Å². The Morgan fingerprint density at radius 2 is 1.83 bits per heavy atom. The zero-order valence-corrected chi connectivity index (χ0v) is 12.7. The molecule has 3 aromatic rings. The van der Waals surface area contributed by atoms with E-state index >= 15 is 0 Å². The van der Waals surface area contributed by atoms with Crippen LogP contribution in [0.5, 0.6) is 5.75 Å². The number of hydrogen-bond donors (Lipinski definition) is 2. The summed E-state index contributed by atoms with van der Waals surface area (Å²) in [5.74, 6) is 0.710. The zero-order chi connectivity index (χ0) is 16.1. The van der Waals surface area contributed by atoms with E-state index in [1.54, 1.807) is 6.20 Å². The fraction of sp³-hybridized carbons (Fsp3) is 0.211. The fourth-order valence-corrected chi connectivity index (χ4v) is 2.57. The van der Waals surface area contributed by atoms with E-state index in [4.69, 9.17) is 9.84 Å². The Bertz CT molecular complexity index is 774. The molecule has 0 fully saturated rings. The molecule has 23 heavy (non-hydrogen) atoms. The highest BCUT2D eigenvalue weighted by atomic mass is 16.5. The van der Waals surface area contributed by atoms with Crippen molar-refractivity contribution in [3.8, 4) is 5.75 Å². The minimum absolute atomic E-state index is 0.283. The van der Waals surface area contributed by atoms with Crippen molar-refractivity contribution in [3.05, 3.63) is 71.9 Å². The molecule has 1 aromatic heterocycles. The van der Waals surface area contributed by atoms with Gasteiger partial charge in [0.15, 0.2) is 0 Å². The minimum atomic E-state index is -0.820. The topological polar surface area (TPSA) is 62.6 Å². The molecule has 2 aromatic carbocycles. The van der Waals surface area contributed by atoms with Crippen LogP contribution in [0.2, 0.25) is 0 Å². The molecule has 0 bridgehead atoms. The SMILES string of the molecule is OC[C@@H](O)Cc1c(OCc2ccccc2)ccc2ncccc12. The van der Waals surface area contributed by atoms with Gasteiger partial charge in [0, 0.05) is 23.6 Å². The molecule has 118 valence electrons. The number of aliphatic hydroxyl groups is 2. The van der Waals surface area contributed by atoms with Crippen LogP contribution in [-0.4, -0.2) is 27.9 Å². The van der Waals surface area contributed by atoms with Gasteiger partial charge in [-0.15, -0.1) is 0 Å². The molecule has 0 saturated carbocycles. The summed E-state index contributed by atoms with van der Waals surface area (Å²) in [7, 11) is 0. The standard InChI is InChI=1S/C19H19NO3/c21-12-15(22)11-17-16-7-4-10-20-18(16)8-9-19(17)23-13-14-5-2-1-3-6-14/h1-10,15,21-22H,11-13H2/t15-/m0/s1. The average Bonchev–Trinajstić information content (AvgIpc) is 2.61. The molecule has 1 heterocycles. The lowest BCUT2D eigenvalue weighted by Crippen LogP contribution is -2.16. The molecule has 0 amide bonds. The number of pyridine rings is 1. The number of fused-ring (bicyclic) bond motifs is 1. The summed E-state index contributed by atoms with van der Waals surface area (Å²) in [5.41, 5.74) is 2.79. The van der Waals surface area contributed by atoms with Crippen molar-refractivity contribution < 1.29 is 14.9 Å². The second-order valence-corrected chi connectivity index (χ2v) is 5.43. The highest BCUT2D eigenvalue weighted by Crippen LogP contribution is 2.29. The smallest absolute Gasteiger partial charge is 0.123 e. The molecule has 0 aliphatic heterocycles. The van der Waals surface area contributed by atoms with Crippen molar-refractivity contribution in [1.82, 2.24) is 4.98 Å². The van der Waals surface area contributed by atoms with Gasteiger partial charge in [0.1, 0.15) is 12.4 Å². The first kappa shape index (κ1) is 15.5. The monoisotopic (exact) mass is 309 g/mol. The van der Waals surface area contributed by atoms with E-state index in [2.05, 4.69) is 4.98 Å². The molecule has 4 heteroatoms. The van der Waals surface area contributed by atoms with Crippen molar-refractivity contribution in [2.24, 2.45) is 0 Å². The Morgan fingerprint density at radius 3 is 2.61 bits per heavy atom. The van der Waals surface area contributed by atoms with Gasteiger partial charge in [-0.1, -0.05) is 36.4 Å². The van der Waals surface area contributed by atoms with Crippen LogP contribution in [0, 0.1) is 0 Å². The van der Waals surface area contributed by atoms with E-state index < -0.39 is 6.10 Å². The lowest BCUT2D eigenvalue weighted by Gasteiger charge is -2.16. The van der Waals surface area contributed by atoms with Gasteiger partial charge < -0.3 is 14.9 Å². The molecule has 0 aliphatic rings. The van der Waals surface area contributed by atoms with Crippen LogP contribution in [0.3, 0.4) is 0 Å². The molecule has 4 nitrogen and oxygen atoms in total. The Kier molecular flexibility index (Phi) is 4.86. The predicted octanol–water partition coefficient (Wildman–Crippen LogP) is 2.71. The van der Waals surface area contributed by atoms with E-state index in [0.29, 0.717) is 18.8 Å². The number of hydrogen-bond acceptors (Lipinski definition) is 4. The van der Waals surface area contributed by atoms with Gasteiger partial charge in [-0.3, -0.25) is 4.98 Å². The van der Waals surface area contributed by atoms with Crippen molar-refractivity contribution in [2.75, 3.05) is 6.61 Å². The lowest BCUT2D eigenvalue weighted by atomic mass is 10.0. The minimum Gasteiger partial charge on any atom is -0.489 e. The molecule has 3 rings (SSSR count). The number of ether oxygens (including phenoxy) is 1. The zero-order valence-electron chi connectivity index (χ0n) is 12.7. The van der Waals surface area contributed by atoms with E-state index in [1.165, 1.54) is 0 Å². The maximum atomic E-state index is 9.85. The van der Waals surface area contributed by atoms with Crippen molar-refractivity contribution in [3.63, 3.8) is 0 Å². The number of nitrogens with zero attached hydrogens (tertiary/aromatic N) is 1. The van der Waals surface area contributed by atoms with Crippen LogP contribution in [0.1, 0.15) is 11.1 Å². The second kappa shape index (κ2) is 7.22. The molecule has 0 radical (unpaired) electrons. The summed E-state index contributed by atoms with van der Waals surface area (Å²) in [4.78, 5) is 4.33. The summed E-state index contributed by atoms with van der Waals surface area (Å²) in [6, 6.07) is 17.5. The van der Waals surface area contributed by atoms with Crippen LogP contribution in [0.4, 0.5) is 0 Å². The number of rotatable bonds is 6. The van der Waals surface area contributed by atoms with Gasteiger partial charge in [0.2, 0.25) is 0 Å². The Labute approximate surface area is 135 Å². The maximum absolute atomic E-state index is 9.85. The maximum Gasteiger partial charge on any atom is 0.123 e. The highest BCUT2D eigenvalue weighted by molar-refractivity contribution is 5.84. The van der Waals surface area contributed by atoms with Gasteiger partial charge in [0.25, 0.3) is 0 Å². The quantitative estimate of drug-likeness (QED) is 0.735. The van der Waals surface area contributed by atoms with E-state index in [9.17, 15) is 5.11 Å². The van der Waals surface area contributed by atoms with Crippen molar-refractivity contribution >= 4 is 10.9 Å². The molecule has 0 unspecified atom stereocenters. The number of aliphatic hydroxyl groups excluding tert-OH is 2. The van der Waals surface area contributed by atoms with Crippen molar-refractivity contribution in [2.45, 2.75) is 19.1 Å². The highest BCUT2D eigenvalue weighted by Gasteiger charge is 2.14. The van der Waals surface area contributed by atoms with E-state index in [0.717, 1.165) is 22.0 Å². The molecule has 0 saturated heterocycles. The van der Waals surface area contributed by atoms with Crippen LogP contribution in [0.25, 0.3) is 10.9 Å². The first-order valence-corrected chi connectivity index (χ1v) is 7.60. The normalized spacial score (nSPS) is 12.3. The fourth-order valence-electron chi connectivity index (χ4n) is 2.57.